The molecule has 11 nitrogen and oxygen atoms in total. The lowest BCUT2D eigenvalue weighted by Crippen LogP contribution is -2.47. The third-order valence-corrected chi connectivity index (χ3v) is 9.35. The average Bonchev–Trinajstić information content (AvgIpc) is 3.68. The first-order chi connectivity index (χ1) is 19.2. The van der Waals surface area contributed by atoms with Crippen LogP contribution < -0.4 is 4.90 Å². The number of likely N-dealkylation sites (tertiary alicyclic amines) is 1. The van der Waals surface area contributed by atoms with Crippen LogP contribution in [0.25, 0.3) is 31.6 Å². The van der Waals surface area contributed by atoms with Crippen LogP contribution in [0.3, 0.4) is 0 Å². The fourth-order valence-electron chi connectivity index (χ4n) is 5.11. The number of H-pyrrole nitrogens is 1. The standard InChI is InChI=1S/C27H34N8O3S2/c1-27(2,3)38-26(36)35-10-8-17(9-11-35)34(4)25-32-24-23(40-25)31-22(39-24)21-28-13-16(14-29-21)18-15-30-33-20(18)19-7-5-6-12-37-19/h13-15,17,19H,5-12H2,1-4H3,(H,30,33)/t19-/m0/s1. The van der Waals surface area contributed by atoms with Gasteiger partial charge in [-0.05, 0) is 52.9 Å². The Morgan fingerprint density at radius 2 is 1.85 bits per heavy atom. The van der Waals surface area contributed by atoms with Crippen molar-refractivity contribution in [1.29, 1.82) is 0 Å². The topological polar surface area (TPSA) is 122 Å². The summed E-state index contributed by atoms with van der Waals surface area (Å²) in [6.45, 7) is 7.80. The van der Waals surface area contributed by atoms with Crippen LogP contribution in [0.2, 0.25) is 0 Å². The fourth-order valence-corrected chi connectivity index (χ4v) is 7.13. The zero-order chi connectivity index (χ0) is 27.9. The van der Waals surface area contributed by atoms with E-state index >= 15 is 0 Å². The van der Waals surface area contributed by atoms with E-state index in [1.807, 2.05) is 39.4 Å². The van der Waals surface area contributed by atoms with Crippen LogP contribution in [0.5, 0.6) is 0 Å². The van der Waals surface area contributed by atoms with Gasteiger partial charge in [0.1, 0.15) is 11.7 Å². The molecule has 1 amide bonds. The van der Waals surface area contributed by atoms with Crippen molar-refractivity contribution in [1.82, 2.24) is 35.0 Å². The van der Waals surface area contributed by atoms with Gasteiger partial charge in [-0.2, -0.15) is 5.10 Å². The van der Waals surface area contributed by atoms with E-state index in [9.17, 15) is 4.79 Å². The van der Waals surface area contributed by atoms with Gasteiger partial charge >= 0.3 is 6.09 Å². The highest BCUT2D eigenvalue weighted by atomic mass is 32.1. The number of amides is 1. The molecule has 6 heterocycles. The molecule has 0 spiro atoms. The van der Waals surface area contributed by atoms with Gasteiger partial charge in [-0.3, -0.25) is 5.10 Å². The summed E-state index contributed by atoms with van der Waals surface area (Å²) < 4.78 is 11.5. The summed E-state index contributed by atoms with van der Waals surface area (Å²) in [5.74, 6) is 0.585. The predicted octanol–water partition coefficient (Wildman–Crippen LogP) is 5.68. The van der Waals surface area contributed by atoms with Crippen molar-refractivity contribution in [2.24, 2.45) is 0 Å². The van der Waals surface area contributed by atoms with Gasteiger partial charge in [0.2, 0.25) is 0 Å². The van der Waals surface area contributed by atoms with E-state index in [1.165, 1.54) is 11.3 Å². The van der Waals surface area contributed by atoms with Gasteiger partial charge in [0.25, 0.3) is 0 Å². The number of carbonyl (C=O) groups excluding carboxylic acids is 1. The van der Waals surface area contributed by atoms with Gasteiger partial charge in [-0.25, -0.2) is 24.7 Å². The molecule has 1 N–H and O–H groups in total. The molecule has 0 aliphatic carbocycles. The molecule has 2 fully saturated rings. The molecule has 2 aliphatic heterocycles. The number of nitrogens with one attached hydrogen (secondary N) is 1. The van der Waals surface area contributed by atoms with Crippen molar-refractivity contribution >= 4 is 43.6 Å². The monoisotopic (exact) mass is 582 g/mol. The molecular formula is C27H34N8O3S2. The largest absolute Gasteiger partial charge is 0.444 e. The third-order valence-electron chi connectivity index (χ3n) is 7.24. The van der Waals surface area contributed by atoms with E-state index in [4.69, 9.17) is 19.4 Å². The van der Waals surface area contributed by atoms with Crippen molar-refractivity contribution in [3.63, 3.8) is 0 Å². The van der Waals surface area contributed by atoms with Gasteiger partial charge in [-0.15, -0.1) is 0 Å². The number of aromatic amines is 1. The Labute approximate surface area is 241 Å². The van der Waals surface area contributed by atoms with E-state index in [-0.39, 0.29) is 12.2 Å². The van der Waals surface area contributed by atoms with Crippen LogP contribution >= 0.6 is 22.7 Å². The third kappa shape index (κ3) is 5.68. The highest BCUT2D eigenvalue weighted by Gasteiger charge is 2.30. The summed E-state index contributed by atoms with van der Waals surface area (Å²) in [7, 11) is 2.07. The number of rotatable bonds is 5. The number of anilines is 1. The smallest absolute Gasteiger partial charge is 0.410 e. The second-order valence-electron chi connectivity index (χ2n) is 11.3. The van der Waals surface area contributed by atoms with E-state index in [0.29, 0.717) is 25.0 Å². The van der Waals surface area contributed by atoms with Gasteiger partial charge in [0.05, 0.1) is 5.69 Å². The van der Waals surface area contributed by atoms with E-state index in [0.717, 1.165) is 75.3 Å². The second kappa shape index (κ2) is 11.0. The number of nitrogens with zero attached hydrogens (tertiary/aromatic N) is 7. The number of ether oxygens (including phenoxy) is 2. The van der Waals surface area contributed by atoms with Crippen LogP contribution in [0.15, 0.2) is 18.6 Å². The Morgan fingerprint density at radius 3 is 2.52 bits per heavy atom. The highest BCUT2D eigenvalue weighted by Crippen LogP contribution is 2.37. The predicted molar refractivity (Wildman–Crippen MR) is 156 cm³/mol. The lowest BCUT2D eigenvalue weighted by atomic mass is 10.0. The summed E-state index contributed by atoms with van der Waals surface area (Å²) in [5.41, 5.74) is 2.32. The second-order valence-corrected chi connectivity index (χ2v) is 13.2. The number of hydrogen-bond acceptors (Lipinski definition) is 11. The van der Waals surface area contributed by atoms with Crippen molar-refractivity contribution in [3.8, 4) is 22.0 Å². The Bertz CT molecular complexity index is 1430. The molecule has 2 aliphatic rings. The Hall–Kier alpha value is -3.16. The minimum Gasteiger partial charge on any atom is -0.444 e. The summed E-state index contributed by atoms with van der Waals surface area (Å²) in [6.07, 6.45) is 10.3. The number of fused-ring (bicyclic) bond motifs is 1. The first-order valence-electron chi connectivity index (χ1n) is 13.7. The minimum atomic E-state index is -0.483. The SMILES string of the molecule is CN(c1nc2sc(-c3ncc(-c4c[nH]nc4[C@@H]4CCCCO4)cn3)nc2s1)C1CCN(C(=O)OC(C)(C)C)CC1. The molecule has 0 aromatic carbocycles. The van der Waals surface area contributed by atoms with Gasteiger partial charge in [-0.1, -0.05) is 22.7 Å². The Balaban J connectivity index is 1.11. The first-order valence-corrected chi connectivity index (χ1v) is 15.3. The normalized spacial score (nSPS) is 18.8. The lowest BCUT2D eigenvalue weighted by molar-refractivity contribution is 0.0126. The number of hydrogen-bond donors (Lipinski definition) is 1. The van der Waals surface area contributed by atoms with Crippen LogP contribution in [-0.2, 0) is 9.47 Å². The molecule has 4 aromatic heterocycles. The zero-order valence-corrected chi connectivity index (χ0v) is 24.8. The van der Waals surface area contributed by atoms with E-state index in [1.54, 1.807) is 16.2 Å². The van der Waals surface area contributed by atoms with Gasteiger partial charge < -0.3 is 19.3 Å². The highest BCUT2D eigenvalue weighted by molar-refractivity contribution is 7.29. The number of thiazole rings is 2. The molecule has 0 saturated carbocycles. The maximum absolute atomic E-state index is 12.4. The van der Waals surface area contributed by atoms with Crippen LogP contribution in [0.4, 0.5) is 9.93 Å². The van der Waals surface area contributed by atoms with Crippen molar-refractivity contribution < 1.29 is 14.3 Å². The molecular weight excluding hydrogens is 548 g/mol. The molecule has 40 heavy (non-hydrogen) atoms. The van der Waals surface area contributed by atoms with Gasteiger partial charge in [0, 0.05) is 62.5 Å². The zero-order valence-electron chi connectivity index (χ0n) is 23.2. The number of carbonyl (C=O) groups is 1. The summed E-state index contributed by atoms with van der Waals surface area (Å²) in [4.78, 5) is 37.1. The molecule has 1 atom stereocenters. The summed E-state index contributed by atoms with van der Waals surface area (Å²) in [5, 5.41) is 9.12. The molecule has 0 bridgehead atoms. The maximum Gasteiger partial charge on any atom is 0.410 e. The number of aromatic nitrogens is 6. The average molecular weight is 583 g/mol. The van der Waals surface area contributed by atoms with Crippen molar-refractivity contribution in [2.45, 2.75) is 70.6 Å². The lowest BCUT2D eigenvalue weighted by Gasteiger charge is -2.37. The summed E-state index contributed by atoms with van der Waals surface area (Å²) >= 11 is 3.08. The number of piperidine rings is 1. The first kappa shape index (κ1) is 27.0. The molecule has 13 heteroatoms. The van der Waals surface area contributed by atoms with Crippen molar-refractivity contribution in [3.05, 3.63) is 24.3 Å². The Morgan fingerprint density at radius 1 is 1.10 bits per heavy atom. The quantitative estimate of drug-likeness (QED) is 0.317. The molecule has 6 rings (SSSR count). The molecule has 0 radical (unpaired) electrons. The Kier molecular flexibility index (Phi) is 7.44. The molecule has 4 aromatic rings. The van der Waals surface area contributed by atoms with E-state index in [2.05, 4.69) is 32.1 Å². The molecule has 0 unspecified atom stereocenters. The minimum absolute atomic E-state index is 0.0105. The van der Waals surface area contributed by atoms with Crippen LogP contribution in [0.1, 0.15) is 64.7 Å². The summed E-state index contributed by atoms with van der Waals surface area (Å²) in [6, 6.07) is 0.307. The van der Waals surface area contributed by atoms with Crippen LogP contribution in [-0.4, -0.2) is 79.5 Å². The van der Waals surface area contributed by atoms with Crippen LogP contribution in [0, 0.1) is 0 Å². The molecule has 212 valence electrons. The van der Waals surface area contributed by atoms with Crippen molar-refractivity contribution in [2.75, 3.05) is 31.6 Å². The fraction of sp³-hybridized carbons (Fsp3) is 0.556. The maximum atomic E-state index is 12.4. The molecule has 2 saturated heterocycles. The van der Waals surface area contributed by atoms with Gasteiger partial charge in [0.15, 0.2) is 25.6 Å². The van der Waals surface area contributed by atoms with E-state index < -0.39 is 5.60 Å².